The standard InChI is InChI=1S/C17H16ClNO3/c1-10-7-11(2)16(12(18)8-10)19-17(20)15-9-21-13-5-3-4-6-14(13)22-15/h3-8,15H,9H2,1-2H3,(H,19,20). The summed E-state index contributed by atoms with van der Waals surface area (Å²) in [5.74, 6) is 0.945. The number of halogens is 1. The molecule has 0 aliphatic carbocycles. The summed E-state index contributed by atoms with van der Waals surface area (Å²) in [4.78, 5) is 12.4. The quantitative estimate of drug-likeness (QED) is 0.918. The fourth-order valence-electron chi connectivity index (χ4n) is 2.43. The Hall–Kier alpha value is -2.20. The molecule has 1 heterocycles. The van der Waals surface area contributed by atoms with Crippen molar-refractivity contribution in [1.82, 2.24) is 0 Å². The van der Waals surface area contributed by atoms with Crippen LogP contribution < -0.4 is 14.8 Å². The Labute approximate surface area is 134 Å². The first-order valence-corrected chi connectivity index (χ1v) is 7.38. The highest BCUT2D eigenvalue weighted by Crippen LogP contribution is 2.32. The zero-order valence-corrected chi connectivity index (χ0v) is 13.1. The second-order valence-corrected chi connectivity index (χ2v) is 5.70. The van der Waals surface area contributed by atoms with Crippen molar-refractivity contribution in [2.75, 3.05) is 11.9 Å². The normalized spacial score (nSPS) is 16.2. The maximum absolute atomic E-state index is 12.4. The van der Waals surface area contributed by atoms with E-state index in [2.05, 4.69) is 5.32 Å². The second kappa shape index (κ2) is 5.89. The smallest absolute Gasteiger partial charge is 0.269 e. The molecule has 114 valence electrons. The van der Waals surface area contributed by atoms with Gasteiger partial charge in [0.1, 0.15) is 6.61 Å². The van der Waals surface area contributed by atoms with Gasteiger partial charge in [-0.25, -0.2) is 0 Å². The average Bonchev–Trinajstić information content (AvgIpc) is 2.50. The molecule has 1 aliphatic heterocycles. The van der Waals surface area contributed by atoms with Crippen LogP contribution in [0.5, 0.6) is 11.5 Å². The largest absolute Gasteiger partial charge is 0.485 e. The molecule has 1 aliphatic rings. The molecular formula is C17H16ClNO3. The molecule has 0 bridgehead atoms. The van der Waals surface area contributed by atoms with Gasteiger partial charge in [-0.3, -0.25) is 4.79 Å². The highest BCUT2D eigenvalue weighted by atomic mass is 35.5. The molecule has 0 fully saturated rings. The fourth-order valence-corrected chi connectivity index (χ4v) is 2.79. The number of ether oxygens (including phenoxy) is 2. The molecule has 0 saturated carbocycles. The van der Waals surface area contributed by atoms with Crippen molar-refractivity contribution in [3.8, 4) is 11.5 Å². The van der Waals surface area contributed by atoms with Crippen LogP contribution in [0.2, 0.25) is 5.02 Å². The van der Waals surface area contributed by atoms with Gasteiger partial charge in [-0.15, -0.1) is 0 Å². The van der Waals surface area contributed by atoms with Gasteiger partial charge in [0.05, 0.1) is 10.7 Å². The molecule has 0 radical (unpaired) electrons. The van der Waals surface area contributed by atoms with Crippen LogP contribution in [0.3, 0.4) is 0 Å². The lowest BCUT2D eigenvalue weighted by Crippen LogP contribution is -2.40. The van der Waals surface area contributed by atoms with E-state index in [1.54, 1.807) is 6.07 Å². The number of carbonyl (C=O) groups excluding carboxylic acids is 1. The van der Waals surface area contributed by atoms with Gasteiger partial charge >= 0.3 is 0 Å². The minimum absolute atomic E-state index is 0.172. The van der Waals surface area contributed by atoms with Crippen molar-refractivity contribution >= 4 is 23.2 Å². The zero-order chi connectivity index (χ0) is 15.7. The first-order valence-electron chi connectivity index (χ1n) is 7.00. The highest BCUT2D eigenvalue weighted by molar-refractivity contribution is 6.34. The Kier molecular flexibility index (Phi) is 3.94. The molecule has 0 spiro atoms. The summed E-state index contributed by atoms with van der Waals surface area (Å²) in [5, 5.41) is 3.35. The summed E-state index contributed by atoms with van der Waals surface area (Å²) in [5.41, 5.74) is 2.57. The number of para-hydroxylation sites is 2. The van der Waals surface area contributed by atoms with Crippen LogP contribution in [-0.2, 0) is 4.79 Å². The van der Waals surface area contributed by atoms with Gasteiger partial charge in [-0.2, -0.15) is 0 Å². The third-order valence-corrected chi connectivity index (χ3v) is 3.78. The number of hydrogen-bond acceptors (Lipinski definition) is 3. The lowest BCUT2D eigenvalue weighted by molar-refractivity contribution is -0.125. The molecule has 1 amide bonds. The summed E-state index contributed by atoms with van der Waals surface area (Å²) in [7, 11) is 0. The van der Waals surface area contributed by atoms with Crippen LogP contribution in [0.4, 0.5) is 5.69 Å². The predicted octanol–water partition coefficient (Wildman–Crippen LogP) is 3.74. The SMILES string of the molecule is Cc1cc(C)c(NC(=O)C2COc3ccccc3O2)c(Cl)c1. The number of amides is 1. The Morgan fingerprint density at radius 3 is 2.68 bits per heavy atom. The number of rotatable bonds is 2. The molecule has 2 aromatic carbocycles. The number of aryl methyl sites for hydroxylation is 2. The summed E-state index contributed by atoms with van der Waals surface area (Å²) >= 11 is 6.21. The third-order valence-electron chi connectivity index (χ3n) is 3.48. The number of nitrogens with one attached hydrogen (secondary N) is 1. The molecule has 2 aromatic rings. The minimum atomic E-state index is -0.702. The van der Waals surface area contributed by atoms with Gasteiger partial charge in [-0.1, -0.05) is 29.8 Å². The van der Waals surface area contributed by atoms with Crippen molar-refractivity contribution in [3.63, 3.8) is 0 Å². The van der Waals surface area contributed by atoms with E-state index in [1.807, 2.05) is 44.2 Å². The predicted molar refractivity (Wildman–Crippen MR) is 85.9 cm³/mol. The van der Waals surface area contributed by atoms with E-state index < -0.39 is 6.10 Å². The van der Waals surface area contributed by atoms with E-state index >= 15 is 0 Å². The number of benzene rings is 2. The van der Waals surface area contributed by atoms with Crippen LogP contribution in [0, 0.1) is 13.8 Å². The molecule has 4 nitrogen and oxygen atoms in total. The highest BCUT2D eigenvalue weighted by Gasteiger charge is 2.28. The van der Waals surface area contributed by atoms with Gasteiger partial charge in [-0.05, 0) is 43.2 Å². The molecule has 0 aromatic heterocycles. The number of carbonyl (C=O) groups is 1. The maximum Gasteiger partial charge on any atom is 0.269 e. The molecule has 5 heteroatoms. The van der Waals surface area contributed by atoms with Gasteiger partial charge in [0, 0.05) is 0 Å². The maximum atomic E-state index is 12.4. The van der Waals surface area contributed by atoms with Crippen molar-refractivity contribution in [3.05, 3.63) is 52.5 Å². The first kappa shape index (κ1) is 14.7. The van der Waals surface area contributed by atoms with Crippen LogP contribution in [0.15, 0.2) is 36.4 Å². The Balaban J connectivity index is 1.77. The Morgan fingerprint density at radius 1 is 1.23 bits per heavy atom. The van der Waals surface area contributed by atoms with E-state index in [0.717, 1.165) is 11.1 Å². The molecule has 22 heavy (non-hydrogen) atoms. The molecule has 1 unspecified atom stereocenters. The summed E-state index contributed by atoms with van der Waals surface area (Å²) in [6.45, 7) is 4.03. The lowest BCUT2D eigenvalue weighted by Gasteiger charge is -2.26. The first-order chi connectivity index (χ1) is 10.5. The van der Waals surface area contributed by atoms with Gasteiger partial charge in [0.15, 0.2) is 11.5 Å². The van der Waals surface area contributed by atoms with Gasteiger partial charge in [0.25, 0.3) is 5.91 Å². The molecule has 1 atom stereocenters. The van der Waals surface area contributed by atoms with Crippen LogP contribution in [0.25, 0.3) is 0 Å². The molecular weight excluding hydrogens is 302 g/mol. The Morgan fingerprint density at radius 2 is 1.95 bits per heavy atom. The van der Waals surface area contributed by atoms with E-state index in [4.69, 9.17) is 21.1 Å². The summed E-state index contributed by atoms with van der Waals surface area (Å²) in [6.07, 6.45) is -0.702. The molecule has 1 N–H and O–H groups in total. The summed E-state index contributed by atoms with van der Waals surface area (Å²) < 4.78 is 11.2. The van der Waals surface area contributed by atoms with Crippen molar-refractivity contribution in [2.24, 2.45) is 0 Å². The van der Waals surface area contributed by atoms with Crippen LogP contribution >= 0.6 is 11.6 Å². The molecule has 0 saturated heterocycles. The van der Waals surface area contributed by atoms with E-state index in [9.17, 15) is 4.79 Å². The van der Waals surface area contributed by atoms with E-state index in [-0.39, 0.29) is 12.5 Å². The Bertz CT molecular complexity index is 707. The topological polar surface area (TPSA) is 47.6 Å². The van der Waals surface area contributed by atoms with Gasteiger partial charge in [0.2, 0.25) is 6.10 Å². The average molecular weight is 318 g/mol. The number of hydrogen-bond donors (Lipinski definition) is 1. The van der Waals surface area contributed by atoms with E-state index in [1.165, 1.54) is 0 Å². The van der Waals surface area contributed by atoms with Crippen molar-refractivity contribution in [1.29, 1.82) is 0 Å². The zero-order valence-electron chi connectivity index (χ0n) is 12.4. The van der Waals surface area contributed by atoms with E-state index in [0.29, 0.717) is 22.2 Å². The second-order valence-electron chi connectivity index (χ2n) is 5.29. The fraction of sp³-hybridized carbons (Fsp3) is 0.235. The molecule has 3 rings (SSSR count). The number of fused-ring (bicyclic) bond motifs is 1. The monoisotopic (exact) mass is 317 g/mol. The van der Waals surface area contributed by atoms with Crippen molar-refractivity contribution < 1.29 is 14.3 Å². The number of anilines is 1. The van der Waals surface area contributed by atoms with Crippen LogP contribution in [0.1, 0.15) is 11.1 Å². The minimum Gasteiger partial charge on any atom is -0.485 e. The van der Waals surface area contributed by atoms with Crippen molar-refractivity contribution in [2.45, 2.75) is 20.0 Å². The van der Waals surface area contributed by atoms with Gasteiger partial charge < -0.3 is 14.8 Å². The van der Waals surface area contributed by atoms with Crippen LogP contribution in [-0.4, -0.2) is 18.6 Å². The lowest BCUT2D eigenvalue weighted by atomic mass is 10.1. The third kappa shape index (κ3) is 2.88. The summed E-state index contributed by atoms with van der Waals surface area (Å²) in [6, 6.07) is 11.1.